The molecule has 8 heteroatoms. The monoisotopic (exact) mass is 606 g/mol. The van der Waals surface area contributed by atoms with E-state index in [0.717, 1.165) is 21.1 Å². The molecule has 3 aromatic rings. The van der Waals surface area contributed by atoms with Crippen molar-refractivity contribution in [2.45, 2.75) is 20.0 Å². The number of rotatable bonds is 8. The Hall–Kier alpha value is -2.73. The third-order valence-electron chi connectivity index (χ3n) is 4.92. The molecule has 0 aromatic heterocycles. The van der Waals surface area contributed by atoms with E-state index in [0.29, 0.717) is 32.8 Å². The Labute approximate surface area is 222 Å². The van der Waals surface area contributed by atoms with Crippen LogP contribution in [0.1, 0.15) is 23.6 Å². The van der Waals surface area contributed by atoms with Gasteiger partial charge in [-0.3, -0.25) is 4.79 Å². The fraction of sp³-hybridized carbons (Fsp3) is 0.154. The minimum atomic E-state index is -0.485. The number of halogens is 3. The predicted octanol–water partition coefficient (Wildman–Crippen LogP) is 7.29. The van der Waals surface area contributed by atoms with Crippen molar-refractivity contribution >= 4 is 63.5 Å². The first kappa shape index (κ1) is 25.9. The predicted molar refractivity (Wildman–Crippen MR) is 145 cm³/mol. The van der Waals surface area contributed by atoms with Gasteiger partial charge in [0.05, 0.1) is 20.7 Å². The summed E-state index contributed by atoms with van der Waals surface area (Å²) < 4.78 is 12.2. The molecule has 0 aliphatic heterocycles. The number of anilines is 1. The van der Waals surface area contributed by atoms with Gasteiger partial charge in [0.25, 0.3) is 5.91 Å². The Bertz CT molecular complexity index is 1270. The highest BCUT2D eigenvalue weighted by atomic mass is 127. The van der Waals surface area contributed by atoms with Crippen molar-refractivity contribution in [1.29, 1.82) is 5.26 Å². The largest absolute Gasteiger partial charge is 0.493 e. The minimum Gasteiger partial charge on any atom is -0.493 e. The van der Waals surface area contributed by atoms with Crippen molar-refractivity contribution in [2.24, 2.45) is 0 Å². The number of benzene rings is 3. The van der Waals surface area contributed by atoms with Gasteiger partial charge in [-0.05, 0) is 88.2 Å². The van der Waals surface area contributed by atoms with E-state index in [2.05, 4.69) is 34.8 Å². The van der Waals surface area contributed by atoms with E-state index in [-0.39, 0.29) is 12.2 Å². The van der Waals surface area contributed by atoms with E-state index in [9.17, 15) is 10.1 Å². The van der Waals surface area contributed by atoms with Gasteiger partial charge in [-0.2, -0.15) is 5.26 Å². The smallest absolute Gasteiger partial charge is 0.266 e. The van der Waals surface area contributed by atoms with Crippen molar-refractivity contribution in [3.63, 3.8) is 0 Å². The molecule has 0 saturated heterocycles. The summed E-state index contributed by atoms with van der Waals surface area (Å²) in [4.78, 5) is 12.6. The molecule has 0 bridgehead atoms. The molecule has 0 aliphatic rings. The van der Waals surface area contributed by atoms with Crippen molar-refractivity contribution in [3.05, 3.63) is 90.5 Å². The highest BCUT2D eigenvalue weighted by molar-refractivity contribution is 14.1. The summed E-state index contributed by atoms with van der Waals surface area (Å²) in [5, 5.41) is 13.2. The Morgan fingerprint density at radius 3 is 2.41 bits per heavy atom. The van der Waals surface area contributed by atoms with Crippen molar-refractivity contribution in [3.8, 4) is 17.6 Å². The second-order valence-electron chi connectivity index (χ2n) is 7.25. The van der Waals surface area contributed by atoms with Gasteiger partial charge >= 0.3 is 0 Å². The molecule has 0 fully saturated rings. The maximum atomic E-state index is 12.6. The van der Waals surface area contributed by atoms with E-state index in [1.165, 1.54) is 13.2 Å². The number of nitrogens with zero attached hydrogens (tertiary/aromatic N) is 1. The van der Waals surface area contributed by atoms with E-state index >= 15 is 0 Å². The number of hydrogen-bond acceptors (Lipinski definition) is 4. The van der Waals surface area contributed by atoms with Crippen LogP contribution >= 0.6 is 45.8 Å². The van der Waals surface area contributed by atoms with E-state index in [1.807, 2.05) is 42.5 Å². The summed E-state index contributed by atoms with van der Waals surface area (Å²) in [6, 6.07) is 18.3. The molecule has 174 valence electrons. The number of carbonyl (C=O) groups is 1. The Balaban J connectivity index is 1.79. The molecular formula is C26H21Cl2IN2O3. The normalized spacial score (nSPS) is 11.0. The van der Waals surface area contributed by atoms with Gasteiger partial charge in [-0.25, -0.2) is 0 Å². The van der Waals surface area contributed by atoms with Crippen molar-refractivity contribution in [2.75, 3.05) is 12.4 Å². The second-order valence-corrected chi connectivity index (χ2v) is 9.22. The van der Waals surface area contributed by atoms with Gasteiger partial charge in [0, 0.05) is 5.69 Å². The Morgan fingerprint density at radius 2 is 1.79 bits per heavy atom. The molecular weight excluding hydrogens is 586 g/mol. The van der Waals surface area contributed by atoms with Crippen LogP contribution in [-0.4, -0.2) is 13.0 Å². The zero-order valence-corrected chi connectivity index (χ0v) is 22.2. The summed E-state index contributed by atoms with van der Waals surface area (Å²) >= 11 is 14.2. The number of methoxy groups -OCH3 is 1. The number of ether oxygens (including phenoxy) is 2. The first-order valence-corrected chi connectivity index (χ1v) is 12.1. The minimum absolute atomic E-state index is 0.0260. The van der Waals surface area contributed by atoms with E-state index in [1.54, 1.807) is 18.2 Å². The molecule has 0 heterocycles. The molecule has 1 N–H and O–H groups in total. The van der Waals surface area contributed by atoms with Crippen molar-refractivity contribution in [1.82, 2.24) is 0 Å². The maximum Gasteiger partial charge on any atom is 0.266 e. The summed E-state index contributed by atoms with van der Waals surface area (Å²) in [6.07, 6.45) is 2.42. The Morgan fingerprint density at radius 1 is 1.09 bits per heavy atom. The lowest BCUT2D eigenvalue weighted by Gasteiger charge is -2.14. The summed E-state index contributed by atoms with van der Waals surface area (Å²) in [6.45, 7) is 2.32. The van der Waals surface area contributed by atoms with E-state index < -0.39 is 5.91 Å². The van der Waals surface area contributed by atoms with Crippen LogP contribution in [0.5, 0.6) is 11.5 Å². The van der Waals surface area contributed by atoms with Gasteiger partial charge in [0.2, 0.25) is 0 Å². The third kappa shape index (κ3) is 6.66. The third-order valence-corrected chi connectivity index (χ3v) is 6.46. The zero-order valence-electron chi connectivity index (χ0n) is 18.5. The van der Waals surface area contributed by atoms with Gasteiger partial charge in [0.1, 0.15) is 18.2 Å². The number of amides is 1. The van der Waals surface area contributed by atoms with Gasteiger partial charge in [-0.1, -0.05) is 48.3 Å². The Kier molecular flexibility index (Phi) is 9.22. The lowest BCUT2D eigenvalue weighted by Crippen LogP contribution is -2.13. The standard InChI is InChI=1S/C26H21Cl2IN2O3/c1-3-16-4-7-20(8-5-16)31-26(32)19(14-30)10-18-12-23(29)25(24(13-18)33-2)34-15-17-6-9-21(27)22(28)11-17/h4-13H,3,15H2,1-2H3,(H,31,32)/b19-10-. The number of nitrogens with one attached hydrogen (secondary N) is 1. The SMILES string of the molecule is CCc1ccc(NC(=O)/C(C#N)=C\c2cc(I)c(OCc3ccc(Cl)c(Cl)c3)c(OC)c2)cc1. The molecule has 3 rings (SSSR count). The number of aryl methyl sites for hydroxylation is 1. The molecule has 1 amide bonds. The van der Waals surface area contributed by atoms with Crippen LogP contribution in [0.25, 0.3) is 6.08 Å². The number of hydrogen-bond donors (Lipinski definition) is 1. The highest BCUT2D eigenvalue weighted by Gasteiger charge is 2.15. The van der Waals surface area contributed by atoms with E-state index in [4.69, 9.17) is 32.7 Å². The molecule has 3 aromatic carbocycles. The molecule has 0 spiro atoms. The molecule has 0 aliphatic carbocycles. The van der Waals surface area contributed by atoms with Gasteiger partial charge in [-0.15, -0.1) is 0 Å². The molecule has 0 radical (unpaired) electrons. The van der Waals surface area contributed by atoms with Crippen LogP contribution in [0.3, 0.4) is 0 Å². The molecule has 5 nitrogen and oxygen atoms in total. The quantitative estimate of drug-likeness (QED) is 0.166. The van der Waals surface area contributed by atoms with Gasteiger partial charge < -0.3 is 14.8 Å². The lowest BCUT2D eigenvalue weighted by molar-refractivity contribution is -0.112. The first-order valence-electron chi connectivity index (χ1n) is 10.3. The van der Waals surface area contributed by atoms with Crippen LogP contribution in [0, 0.1) is 14.9 Å². The summed E-state index contributed by atoms with van der Waals surface area (Å²) in [5.74, 6) is 0.539. The fourth-order valence-corrected chi connectivity index (χ4v) is 4.19. The average molecular weight is 607 g/mol. The molecule has 0 unspecified atom stereocenters. The summed E-state index contributed by atoms with van der Waals surface area (Å²) in [5.41, 5.74) is 3.25. The average Bonchev–Trinajstić information content (AvgIpc) is 2.84. The number of nitriles is 1. The lowest BCUT2D eigenvalue weighted by atomic mass is 10.1. The van der Waals surface area contributed by atoms with Crippen LogP contribution < -0.4 is 14.8 Å². The zero-order chi connectivity index (χ0) is 24.7. The van der Waals surface area contributed by atoms with Crippen LogP contribution in [-0.2, 0) is 17.8 Å². The van der Waals surface area contributed by atoms with Crippen LogP contribution in [0.4, 0.5) is 5.69 Å². The summed E-state index contributed by atoms with van der Waals surface area (Å²) in [7, 11) is 1.53. The first-order chi connectivity index (χ1) is 16.3. The van der Waals surface area contributed by atoms with Gasteiger partial charge in [0.15, 0.2) is 11.5 Å². The van der Waals surface area contributed by atoms with Crippen LogP contribution in [0.15, 0.2) is 60.2 Å². The fourth-order valence-electron chi connectivity index (χ4n) is 3.09. The molecule has 0 atom stereocenters. The molecule has 34 heavy (non-hydrogen) atoms. The topological polar surface area (TPSA) is 71.4 Å². The van der Waals surface area contributed by atoms with Crippen molar-refractivity contribution < 1.29 is 14.3 Å². The second kappa shape index (κ2) is 12.1. The maximum absolute atomic E-state index is 12.6. The molecule has 0 saturated carbocycles. The van der Waals surface area contributed by atoms with Crippen LogP contribution in [0.2, 0.25) is 10.0 Å². The number of carbonyl (C=O) groups excluding carboxylic acids is 1. The highest BCUT2D eigenvalue weighted by Crippen LogP contribution is 2.35.